The van der Waals surface area contributed by atoms with Crippen molar-refractivity contribution in [1.29, 1.82) is 0 Å². The largest absolute Gasteiger partial charge is 1.00 e. The first kappa shape index (κ1) is 15.0. The van der Waals surface area contributed by atoms with Gasteiger partial charge >= 0.3 is 29.6 Å². The molecule has 76 valence electrons. The average molecular weight is 253 g/mol. The van der Waals surface area contributed by atoms with Crippen LogP contribution in [-0.4, -0.2) is 23.3 Å². The zero-order chi connectivity index (χ0) is 10.6. The van der Waals surface area contributed by atoms with Crippen molar-refractivity contribution in [3.63, 3.8) is 0 Å². The van der Waals surface area contributed by atoms with Crippen LogP contribution in [0, 0.1) is 4.77 Å². The first-order valence-corrected chi connectivity index (χ1v) is 4.94. The number of nitrogens with one attached hydrogen (secondary N) is 2. The molecule has 0 aliphatic carbocycles. The molecule has 0 saturated heterocycles. The van der Waals surface area contributed by atoms with Gasteiger partial charge in [-0.2, -0.15) is 0 Å². The van der Waals surface area contributed by atoms with Gasteiger partial charge in [-0.25, -0.2) is 0 Å². The molecule has 2 N–H and O–H groups in total. The van der Waals surface area contributed by atoms with Gasteiger partial charge in [-0.3, -0.25) is 4.21 Å². The van der Waals surface area contributed by atoms with Gasteiger partial charge in [0, 0.05) is 0 Å². The van der Waals surface area contributed by atoms with Gasteiger partial charge in [-0.1, -0.05) is 12.1 Å². The fourth-order valence-corrected chi connectivity index (χ4v) is 1.20. The molecule has 0 fully saturated rings. The Morgan fingerprint density at radius 1 is 1.13 bits per heavy atom. The number of fused-ring (bicyclic) bond motifs is 1. The molecular formula is C7H6N2NaO3S2-. The van der Waals surface area contributed by atoms with Gasteiger partial charge in [0.1, 0.15) is 0 Å². The van der Waals surface area contributed by atoms with E-state index >= 15 is 0 Å². The van der Waals surface area contributed by atoms with Crippen LogP contribution in [0.4, 0.5) is 0 Å². The van der Waals surface area contributed by atoms with Crippen molar-refractivity contribution in [3.8, 4) is 0 Å². The molecule has 0 amide bonds. The van der Waals surface area contributed by atoms with Gasteiger partial charge in [0.05, 0.1) is 11.0 Å². The van der Waals surface area contributed by atoms with Gasteiger partial charge in [0.25, 0.3) is 0 Å². The third-order valence-electron chi connectivity index (χ3n) is 1.42. The van der Waals surface area contributed by atoms with Crippen molar-refractivity contribution in [2.45, 2.75) is 0 Å². The summed E-state index contributed by atoms with van der Waals surface area (Å²) in [6, 6.07) is 7.92. The molecule has 0 aliphatic heterocycles. The Hall–Kier alpha value is -0.0200. The zero-order valence-electron chi connectivity index (χ0n) is 7.85. The van der Waals surface area contributed by atoms with Crippen LogP contribution in [0.3, 0.4) is 0 Å². The van der Waals surface area contributed by atoms with E-state index in [9.17, 15) is 0 Å². The van der Waals surface area contributed by atoms with Crippen LogP contribution in [0.2, 0.25) is 0 Å². The minimum atomic E-state index is -3.11. The molecule has 1 heterocycles. The summed E-state index contributed by atoms with van der Waals surface area (Å²) < 4.78 is 26.0. The Kier molecular flexibility index (Phi) is 7.28. The monoisotopic (exact) mass is 253 g/mol. The van der Waals surface area contributed by atoms with E-state index in [2.05, 4.69) is 9.97 Å². The quantitative estimate of drug-likeness (QED) is 0.330. The van der Waals surface area contributed by atoms with Crippen LogP contribution in [0.5, 0.6) is 0 Å². The number of benzene rings is 1. The van der Waals surface area contributed by atoms with Crippen molar-refractivity contribution < 1.29 is 42.9 Å². The van der Waals surface area contributed by atoms with Crippen LogP contribution >= 0.6 is 12.2 Å². The topological polar surface area (TPSA) is 94.8 Å². The Bertz CT molecular complexity index is 456. The van der Waals surface area contributed by atoms with Crippen molar-refractivity contribution in [2.75, 3.05) is 0 Å². The third kappa shape index (κ3) is 5.57. The number of aromatic nitrogens is 2. The smallest absolute Gasteiger partial charge is 0.784 e. The summed E-state index contributed by atoms with van der Waals surface area (Å²) in [6.45, 7) is 0. The molecular weight excluding hydrogens is 247 g/mol. The molecule has 0 radical (unpaired) electrons. The number of imidazole rings is 1. The second-order valence-corrected chi connectivity index (χ2v) is 3.15. The molecule has 0 atom stereocenters. The molecule has 2 aromatic rings. The van der Waals surface area contributed by atoms with Crippen molar-refractivity contribution in [3.05, 3.63) is 29.0 Å². The predicted molar refractivity (Wildman–Crippen MR) is 53.2 cm³/mol. The molecule has 0 aliphatic rings. The maximum atomic E-state index is 8.44. The summed E-state index contributed by atoms with van der Waals surface area (Å²) in [6.07, 6.45) is 0. The van der Waals surface area contributed by atoms with Gasteiger partial charge in [-0.15, -0.1) is 11.4 Å². The molecule has 0 unspecified atom stereocenters. The molecule has 0 spiro atoms. The normalized spacial score (nSPS) is 9.27. The van der Waals surface area contributed by atoms with Gasteiger partial charge in [0.15, 0.2) is 4.77 Å². The number of hydrogen-bond donors (Lipinski definition) is 2. The zero-order valence-corrected chi connectivity index (χ0v) is 11.5. The number of H-pyrrole nitrogens is 2. The van der Waals surface area contributed by atoms with Crippen LogP contribution in [0.25, 0.3) is 11.0 Å². The minimum Gasteiger partial charge on any atom is -0.784 e. The van der Waals surface area contributed by atoms with Crippen LogP contribution in [0.15, 0.2) is 24.3 Å². The number of rotatable bonds is 0. The molecule has 0 saturated carbocycles. The maximum absolute atomic E-state index is 8.44. The molecule has 5 nitrogen and oxygen atoms in total. The van der Waals surface area contributed by atoms with E-state index in [-0.39, 0.29) is 29.6 Å². The molecule has 8 heteroatoms. The van der Waals surface area contributed by atoms with Gasteiger partial charge < -0.3 is 19.1 Å². The van der Waals surface area contributed by atoms with Crippen molar-refractivity contribution >= 4 is 34.6 Å². The maximum Gasteiger partial charge on any atom is 1.00 e. The van der Waals surface area contributed by atoms with Gasteiger partial charge in [-0.05, 0) is 24.4 Å². The fraction of sp³-hybridized carbons (Fsp3) is 0. The fourth-order valence-electron chi connectivity index (χ4n) is 0.977. The van der Waals surface area contributed by atoms with E-state index in [0.29, 0.717) is 4.77 Å². The molecule has 1 aromatic carbocycles. The Labute approximate surface area is 116 Å². The van der Waals surface area contributed by atoms with E-state index < -0.39 is 11.4 Å². The molecule has 2 rings (SSSR count). The summed E-state index contributed by atoms with van der Waals surface area (Å²) in [5.74, 6) is 0. The Morgan fingerprint density at radius 3 is 1.80 bits per heavy atom. The van der Waals surface area contributed by atoms with E-state index in [4.69, 9.17) is 25.5 Å². The molecule has 0 bridgehead atoms. The van der Waals surface area contributed by atoms with Crippen LogP contribution in [-0.2, 0) is 11.4 Å². The molecule has 15 heavy (non-hydrogen) atoms. The first-order chi connectivity index (χ1) is 6.59. The number of para-hydroxylation sites is 2. The van der Waals surface area contributed by atoms with Crippen molar-refractivity contribution in [2.24, 2.45) is 0 Å². The molecule has 1 aromatic heterocycles. The second-order valence-electron chi connectivity index (χ2n) is 2.33. The van der Waals surface area contributed by atoms with Crippen molar-refractivity contribution in [1.82, 2.24) is 9.97 Å². The van der Waals surface area contributed by atoms with Gasteiger partial charge in [0.2, 0.25) is 0 Å². The summed E-state index contributed by atoms with van der Waals surface area (Å²) in [5.41, 5.74) is 2.13. The predicted octanol–water partition coefficient (Wildman–Crippen LogP) is -1.77. The third-order valence-corrected chi connectivity index (χ3v) is 1.63. The number of hydrogen-bond acceptors (Lipinski definition) is 4. The number of aromatic amines is 2. The first-order valence-electron chi connectivity index (χ1n) is 3.53. The second kappa shape index (κ2) is 7.29. The SMILES string of the molecule is O=S([O-])[O-].S=c1[nH]c2ccccc2[nH]1.[Na+]. The van der Waals surface area contributed by atoms with Crippen LogP contribution in [0.1, 0.15) is 0 Å². The van der Waals surface area contributed by atoms with Crippen LogP contribution < -0.4 is 29.6 Å². The Balaban J connectivity index is 0.000000346. The standard InChI is InChI=1S/C7H6N2S.Na.H2O3S/c10-7-8-5-3-1-2-4-6(5)9-7;;1-4(2)3/h1-4H,(H2,8,9,10);;(H2,1,2,3)/q;+1;/p-2. The summed E-state index contributed by atoms with van der Waals surface area (Å²) in [4.78, 5) is 6.04. The summed E-state index contributed by atoms with van der Waals surface area (Å²) >= 11 is 1.79. The van der Waals surface area contributed by atoms with E-state index in [1.807, 2.05) is 24.3 Å². The van der Waals surface area contributed by atoms with E-state index in [0.717, 1.165) is 11.0 Å². The minimum absolute atomic E-state index is 0. The average Bonchev–Trinajstić information content (AvgIpc) is 2.42. The van der Waals surface area contributed by atoms with E-state index in [1.165, 1.54) is 0 Å². The van der Waals surface area contributed by atoms with E-state index in [1.54, 1.807) is 0 Å². The summed E-state index contributed by atoms with van der Waals surface area (Å²) in [7, 11) is 0. The summed E-state index contributed by atoms with van der Waals surface area (Å²) in [5, 5.41) is 0. The Morgan fingerprint density at radius 2 is 1.47 bits per heavy atom.